The Bertz CT molecular complexity index is 1020. The van der Waals surface area contributed by atoms with E-state index in [9.17, 15) is 13.2 Å². The van der Waals surface area contributed by atoms with Crippen molar-refractivity contribution in [2.45, 2.75) is 31.1 Å². The molecule has 0 saturated carbocycles. The minimum Gasteiger partial charge on any atom is -0.342 e. The first-order chi connectivity index (χ1) is 12.9. The molecule has 0 radical (unpaired) electrons. The highest BCUT2D eigenvalue weighted by atomic mass is 79.9. The van der Waals surface area contributed by atoms with E-state index in [1.807, 2.05) is 29.2 Å². The predicted molar refractivity (Wildman–Crippen MR) is 108 cm³/mol. The van der Waals surface area contributed by atoms with E-state index in [4.69, 9.17) is 0 Å². The maximum atomic E-state index is 13.3. The fourth-order valence-corrected chi connectivity index (χ4v) is 5.86. The molecule has 2 aromatic carbocycles. The van der Waals surface area contributed by atoms with Crippen molar-refractivity contribution in [2.24, 2.45) is 0 Å². The van der Waals surface area contributed by atoms with Crippen LogP contribution >= 0.6 is 15.9 Å². The van der Waals surface area contributed by atoms with Crippen LogP contribution in [0, 0.1) is 0 Å². The second-order valence-corrected chi connectivity index (χ2v) is 9.81. The molecule has 0 atom stereocenters. The Morgan fingerprint density at radius 1 is 0.926 bits per heavy atom. The van der Waals surface area contributed by atoms with Crippen molar-refractivity contribution >= 4 is 37.5 Å². The third-order valence-corrected chi connectivity index (χ3v) is 7.71. The van der Waals surface area contributed by atoms with E-state index in [1.54, 1.807) is 19.1 Å². The van der Waals surface area contributed by atoms with E-state index in [0.717, 1.165) is 33.3 Å². The van der Waals surface area contributed by atoms with E-state index in [2.05, 4.69) is 15.9 Å². The summed E-state index contributed by atoms with van der Waals surface area (Å²) >= 11 is 3.45. The van der Waals surface area contributed by atoms with Crippen LogP contribution in [0.5, 0.6) is 0 Å². The molecule has 2 heterocycles. The molecule has 2 aliphatic heterocycles. The molecule has 1 amide bonds. The van der Waals surface area contributed by atoms with Crippen molar-refractivity contribution in [1.82, 2.24) is 4.90 Å². The van der Waals surface area contributed by atoms with Gasteiger partial charge in [-0.05, 0) is 66.3 Å². The first-order valence-electron chi connectivity index (χ1n) is 9.05. The summed E-state index contributed by atoms with van der Waals surface area (Å²) in [7, 11) is -3.60. The maximum absolute atomic E-state index is 13.3. The summed E-state index contributed by atoms with van der Waals surface area (Å²) in [6.07, 6.45) is 2.16. The van der Waals surface area contributed by atoms with Crippen molar-refractivity contribution in [2.75, 3.05) is 23.9 Å². The zero-order valence-electron chi connectivity index (χ0n) is 15.1. The van der Waals surface area contributed by atoms with Crippen molar-refractivity contribution in [3.05, 3.63) is 57.6 Å². The minimum absolute atomic E-state index is 0.0653. The van der Waals surface area contributed by atoms with Crippen molar-refractivity contribution in [1.29, 1.82) is 0 Å². The van der Waals surface area contributed by atoms with Crippen LogP contribution in [0.15, 0.2) is 45.8 Å². The molecule has 5 nitrogen and oxygen atoms in total. The number of nitrogens with zero attached hydrogens (tertiary/aromatic N) is 2. The number of benzene rings is 2. The summed E-state index contributed by atoms with van der Waals surface area (Å²) in [4.78, 5) is 13.8. The number of carbonyl (C=O) groups is 1. The van der Waals surface area contributed by atoms with Gasteiger partial charge in [-0.25, -0.2) is 8.42 Å². The highest BCUT2D eigenvalue weighted by Gasteiger charge is 2.31. The number of halogens is 1. The van der Waals surface area contributed by atoms with Gasteiger partial charge in [-0.2, -0.15) is 0 Å². The monoisotopic (exact) mass is 448 g/mol. The Balaban J connectivity index is 1.66. The molecule has 27 heavy (non-hydrogen) atoms. The molecule has 142 valence electrons. The van der Waals surface area contributed by atoms with E-state index in [-0.39, 0.29) is 5.91 Å². The molecule has 0 fully saturated rings. The number of hydrogen-bond donors (Lipinski definition) is 0. The Kier molecular flexibility index (Phi) is 4.76. The van der Waals surface area contributed by atoms with Crippen LogP contribution in [-0.4, -0.2) is 38.9 Å². The van der Waals surface area contributed by atoms with Gasteiger partial charge in [-0.1, -0.05) is 22.0 Å². The average molecular weight is 449 g/mol. The van der Waals surface area contributed by atoms with Gasteiger partial charge >= 0.3 is 0 Å². The smallest absolute Gasteiger partial charge is 0.264 e. The number of sulfonamides is 1. The van der Waals surface area contributed by atoms with Crippen molar-refractivity contribution in [3.63, 3.8) is 0 Å². The molecule has 0 aliphatic carbocycles. The van der Waals surface area contributed by atoms with Crippen molar-refractivity contribution < 1.29 is 13.2 Å². The zero-order chi connectivity index (χ0) is 19.2. The van der Waals surface area contributed by atoms with Gasteiger partial charge < -0.3 is 4.90 Å². The van der Waals surface area contributed by atoms with Gasteiger partial charge in [0, 0.05) is 31.0 Å². The van der Waals surface area contributed by atoms with Crippen LogP contribution in [0.2, 0.25) is 0 Å². The first-order valence-corrected chi connectivity index (χ1v) is 11.3. The fourth-order valence-electron chi connectivity index (χ4n) is 3.89. The molecule has 0 bridgehead atoms. The highest BCUT2D eigenvalue weighted by molar-refractivity contribution is 9.10. The van der Waals surface area contributed by atoms with Gasteiger partial charge in [0.1, 0.15) is 0 Å². The standard InChI is InChI=1S/C20H21BrN2O3S/c1-14(24)22-9-6-15-2-4-19(13-16(15)7-10-22)27(25,26)23-11-8-17-12-18(21)3-5-20(17)23/h2-5,12-13H,6-11H2,1H3. The molecular weight excluding hydrogens is 428 g/mol. The number of fused-ring (bicyclic) bond motifs is 2. The Morgan fingerprint density at radius 3 is 2.37 bits per heavy atom. The molecule has 0 aromatic heterocycles. The van der Waals surface area contributed by atoms with E-state index in [0.29, 0.717) is 37.4 Å². The average Bonchev–Trinajstić information content (AvgIpc) is 2.93. The lowest BCUT2D eigenvalue weighted by Crippen LogP contribution is -2.30. The molecule has 0 N–H and O–H groups in total. The maximum Gasteiger partial charge on any atom is 0.264 e. The van der Waals surface area contributed by atoms with Crippen LogP contribution in [0.25, 0.3) is 0 Å². The van der Waals surface area contributed by atoms with Crippen LogP contribution in [0.3, 0.4) is 0 Å². The van der Waals surface area contributed by atoms with Gasteiger partial charge in [-0.3, -0.25) is 9.10 Å². The second-order valence-electron chi connectivity index (χ2n) is 7.04. The summed E-state index contributed by atoms with van der Waals surface area (Å²) in [5.74, 6) is 0.0653. The topological polar surface area (TPSA) is 57.7 Å². The van der Waals surface area contributed by atoms with E-state index < -0.39 is 10.0 Å². The lowest BCUT2D eigenvalue weighted by molar-refractivity contribution is -0.128. The number of hydrogen-bond acceptors (Lipinski definition) is 3. The van der Waals surface area contributed by atoms with Gasteiger partial charge in [0.25, 0.3) is 10.0 Å². The number of carbonyl (C=O) groups excluding carboxylic acids is 1. The molecule has 2 aromatic rings. The molecule has 7 heteroatoms. The molecular formula is C20H21BrN2O3S. The van der Waals surface area contributed by atoms with Gasteiger partial charge in [-0.15, -0.1) is 0 Å². The third-order valence-electron chi connectivity index (χ3n) is 5.41. The summed E-state index contributed by atoms with van der Waals surface area (Å²) in [5, 5.41) is 0. The van der Waals surface area contributed by atoms with E-state index >= 15 is 0 Å². The molecule has 0 saturated heterocycles. The molecule has 0 unspecified atom stereocenters. The van der Waals surface area contributed by atoms with Gasteiger partial charge in [0.2, 0.25) is 5.91 Å². The largest absolute Gasteiger partial charge is 0.342 e. The predicted octanol–water partition coefficient (Wildman–Crippen LogP) is 3.15. The zero-order valence-corrected chi connectivity index (χ0v) is 17.5. The van der Waals surface area contributed by atoms with Gasteiger partial charge in [0.05, 0.1) is 10.6 Å². The molecule has 0 spiro atoms. The lowest BCUT2D eigenvalue weighted by atomic mass is 10.0. The first kappa shape index (κ1) is 18.5. The number of rotatable bonds is 2. The summed E-state index contributed by atoms with van der Waals surface area (Å²) in [6, 6.07) is 11.1. The third kappa shape index (κ3) is 3.38. The molecule has 2 aliphatic rings. The lowest BCUT2D eigenvalue weighted by Gasteiger charge is -2.20. The summed E-state index contributed by atoms with van der Waals surface area (Å²) in [6.45, 7) is 3.35. The normalized spacial score (nSPS) is 16.7. The van der Waals surface area contributed by atoms with Crippen LogP contribution in [0.4, 0.5) is 5.69 Å². The van der Waals surface area contributed by atoms with Crippen LogP contribution in [-0.2, 0) is 34.1 Å². The summed E-state index contributed by atoms with van der Waals surface area (Å²) < 4.78 is 29.0. The summed E-state index contributed by atoms with van der Waals surface area (Å²) in [5.41, 5.74) is 3.95. The Labute approximate surface area is 168 Å². The fraction of sp³-hybridized carbons (Fsp3) is 0.350. The minimum atomic E-state index is -3.60. The second kappa shape index (κ2) is 6.95. The Hall–Kier alpha value is -1.86. The van der Waals surface area contributed by atoms with Crippen LogP contribution in [0.1, 0.15) is 23.6 Å². The quantitative estimate of drug-likeness (QED) is 0.708. The number of amides is 1. The highest BCUT2D eigenvalue weighted by Crippen LogP contribution is 2.35. The van der Waals surface area contributed by atoms with Crippen LogP contribution < -0.4 is 4.31 Å². The SMILES string of the molecule is CC(=O)N1CCc2ccc(S(=O)(=O)N3CCc4cc(Br)ccc43)cc2CC1. The Morgan fingerprint density at radius 2 is 1.63 bits per heavy atom. The number of anilines is 1. The van der Waals surface area contributed by atoms with Crippen molar-refractivity contribution in [3.8, 4) is 0 Å². The van der Waals surface area contributed by atoms with Gasteiger partial charge in [0.15, 0.2) is 0 Å². The molecule has 4 rings (SSSR count). The van der Waals surface area contributed by atoms with E-state index in [1.165, 1.54) is 4.31 Å².